The molecular weight excluding hydrogens is 500 g/mol. The van der Waals surface area contributed by atoms with Crippen molar-refractivity contribution in [3.8, 4) is 22.6 Å². The molecule has 6 nitrogen and oxygen atoms in total. The van der Waals surface area contributed by atoms with Crippen LogP contribution in [0.4, 0.5) is 15.3 Å². The molecule has 1 radical (unpaired) electrons. The van der Waals surface area contributed by atoms with E-state index >= 15 is 0 Å². The van der Waals surface area contributed by atoms with Crippen LogP contribution >= 0.6 is 0 Å². The lowest BCUT2D eigenvalue weighted by Crippen LogP contribution is -2.26. The number of nitrogens with one attached hydrogen (secondary N) is 2. The molecule has 0 aliphatic carbocycles. The Labute approximate surface area is 231 Å². The summed E-state index contributed by atoms with van der Waals surface area (Å²) in [6.45, 7) is 3.84. The maximum absolute atomic E-state index is 13.3. The van der Waals surface area contributed by atoms with Crippen molar-refractivity contribution in [2.45, 2.75) is 0 Å². The van der Waals surface area contributed by atoms with E-state index in [0.29, 0.717) is 28.3 Å². The van der Waals surface area contributed by atoms with Gasteiger partial charge in [0.25, 0.3) is 0 Å². The lowest BCUT2D eigenvalue weighted by molar-refractivity contribution is 0.201. The first-order valence-electron chi connectivity index (χ1n) is 12.9. The lowest BCUT2D eigenvalue weighted by atomic mass is 9.92. The highest BCUT2D eigenvalue weighted by Gasteiger charge is 2.22. The van der Waals surface area contributed by atoms with E-state index in [1.165, 1.54) is 0 Å². The normalized spacial score (nSPS) is 10.9. The van der Waals surface area contributed by atoms with Gasteiger partial charge in [-0.05, 0) is 52.1 Å². The number of anilines is 1. The van der Waals surface area contributed by atoms with E-state index < -0.39 is 12.2 Å². The van der Waals surface area contributed by atoms with Gasteiger partial charge in [-0.3, -0.25) is 5.32 Å². The molecule has 6 rings (SSSR count). The van der Waals surface area contributed by atoms with E-state index in [4.69, 9.17) is 9.47 Å². The van der Waals surface area contributed by atoms with Crippen molar-refractivity contribution >= 4 is 50.2 Å². The second kappa shape index (κ2) is 10.8. The average molecular weight is 526 g/mol. The molecule has 6 aromatic carbocycles. The van der Waals surface area contributed by atoms with Crippen molar-refractivity contribution in [2.75, 3.05) is 11.9 Å². The highest BCUT2D eigenvalue weighted by Crippen LogP contribution is 2.45. The molecule has 40 heavy (non-hydrogen) atoms. The topological polar surface area (TPSA) is 76.7 Å². The summed E-state index contributed by atoms with van der Waals surface area (Å²) in [6.07, 6.45) is -1.26. The molecule has 2 N–H and O–H groups in total. The van der Waals surface area contributed by atoms with Crippen LogP contribution in [0.5, 0.6) is 11.5 Å². The summed E-state index contributed by atoms with van der Waals surface area (Å²) in [6, 6.07) is 36.5. The summed E-state index contributed by atoms with van der Waals surface area (Å²) in [4.78, 5) is 25.8. The van der Waals surface area contributed by atoms with Crippen molar-refractivity contribution in [1.29, 1.82) is 0 Å². The molecule has 0 unspecified atom stereocenters. The summed E-state index contributed by atoms with van der Waals surface area (Å²) in [7, 11) is 0. The van der Waals surface area contributed by atoms with Gasteiger partial charge in [0.2, 0.25) is 0 Å². The quantitative estimate of drug-likeness (QED) is 0.237. The molecule has 195 valence electrons. The smallest absolute Gasteiger partial charge is 0.410 e. The summed E-state index contributed by atoms with van der Waals surface area (Å²) in [5.41, 5.74) is 1.92. The highest BCUT2D eigenvalue weighted by molar-refractivity contribution is 6.11. The zero-order valence-corrected chi connectivity index (χ0v) is 21.5. The van der Waals surface area contributed by atoms with E-state index in [2.05, 4.69) is 17.6 Å². The molecule has 6 aromatic rings. The van der Waals surface area contributed by atoms with E-state index in [-0.39, 0.29) is 6.54 Å². The minimum atomic E-state index is -0.634. The van der Waals surface area contributed by atoms with Crippen LogP contribution < -0.4 is 20.1 Å². The number of rotatable bonds is 5. The molecule has 0 saturated carbocycles. The molecule has 0 atom stereocenters. The summed E-state index contributed by atoms with van der Waals surface area (Å²) < 4.78 is 11.8. The van der Waals surface area contributed by atoms with Gasteiger partial charge in [0.15, 0.2) is 0 Å². The third kappa shape index (κ3) is 4.78. The number of fused-ring (bicyclic) bond motifs is 3. The predicted molar refractivity (Wildman–Crippen MR) is 160 cm³/mol. The monoisotopic (exact) mass is 525 g/mol. The zero-order chi connectivity index (χ0) is 27.5. The standard InChI is InChI=1S/C34H25N2O4/c1-2-35-33(37)39-29-20-18-23-11-4-7-15-26(23)31(29)32-27-16-8-5-12-24(27)19-21-30(32)40-34(38)36-28-17-9-13-22-10-3-6-14-25(22)28/h3-21H,1-2H2,(H,35,37)(H,36,38). The molecule has 0 saturated heterocycles. The summed E-state index contributed by atoms with van der Waals surface area (Å²) in [5.74, 6) is 0.663. The fourth-order valence-electron chi connectivity index (χ4n) is 5.00. The van der Waals surface area contributed by atoms with Gasteiger partial charge in [-0.1, -0.05) is 97.1 Å². The summed E-state index contributed by atoms with van der Waals surface area (Å²) >= 11 is 0. The number of hydrogen-bond donors (Lipinski definition) is 2. The predicted octanol–water partition coefficient (Wildman–Crippen LogP) is 8.35. The van der Waals surface area contributed by atoms with E-state index in [1.54, 1.807) is 12.1 Å². The maximum atomic E-state index is 13.3. The number of amides is 2. The Morgan fingerprint density at radius 2 is 1.02 bits per heavy atom. The van der Waals surface area contributed by atoms with Gasteiger partial charge in [-0.25, -0.2) is 9.59 Å². The van der Waals surface area contributed by atoms with Gasteiger partial charge in [0.1, 0.15) is 11.5 Å². The van der Waals surface area contributed by atoms with E-state index in [1.807, 2.05) is 103 Å². The van der Waals surface area contributed by atoms with Gasteiger partial charge in [-0.2, -0.15) is 0 Å². The van der Waals surface area contributed by atoms with Crippen LogP contribution in [0.15, 0.2) is 115 Å². The van der Waals surface area contributed by atoms with Crippen LogP contribution in [0.25, 0.3) is 43.4 Å². The summed E-state index contributed by atoms with van der Waals surface area (Å²) in [5, 5.41) is 11.0. The number of carbonyl (C=O) groups excluding carboxylic acids is 2. The molecular formula is C34H25N2O4. The van der Waals surface area contributed by atoms with E-state index in [0.717, 1.165) is 32.3 Å². The first kappa shape index (κ1) is 24.9. The second-order valence-electron chi connectivity index (χ2n) is 9.18. The van der Waals surface area contributed by atoms with Crippen LogP contribution in [0.1, 0.15) is 0 Å². The third-order valence-corrected chi connectivity index (χ3v) is 6.73. The molecule has 0 bridgehead atoms. The third-order valence-electron chi connectivity index (χ3n) is 6.73. The Hall–Kier alpha value is -5.36. The van der Waals surface area contributed by atoms with Crippen LogP contribution in [0, 0.1) is 6.92 Å². The zero-order valence-electron chi connectivity index (χ0n) is 21.5. The molecule has 0 aromatic heterocycles. The highest BCUT2D eigenvalue weighted by atomic mass is 16.6. The second-order valence-corrected chi connectivity index (χ2v) is 9.18. The van der Waals surface area contributed by atoms with Crippen LogP contribution in [0.3, 0.4) is 0 Å². The Morgan fingerprint density at radius 1 is 0.550 bits per heavy atom. The van der Waals surface area contributed by atoms with Crippen LogP contribution in [0.2, 0.25) is 0 Å². The number of benzene rings is 6. The van der Waals surface area contributed by atoms with E-state index in [9.17, 15) is 9.59 Å². The molecule has 0 spiro atoms. The molecule has 0 heterocycles. The first-order chi connectivity index (χ1) is 19.6. The SMILES string of the molecule is [CH2]CNC(=O)Oc1ccc2ccccc2c1-c1c(OC(=O)Nc2cccc3ccccc23)ccc2ccccc12. The van der Waals surface area contributed by atoms with Crippen molar-refractivity contribution in [2.24, 2.45) is 0 Å². The fourth-order valence-corrected chi connectivity index (χ4v) is 5.00. The molecule has 0 fully saturated rings. The van der Waals surface area contributed by atoms with Gasteiger partial charge >= 0.3 is 12.2 Å². The Balaban J connectivity index is 1.50. The van der Waals surface area contributed by atoms with Crippen molar-refractivity contribution in [3.05, 3.63) is 122 Å². The van der Waals surface area contributed by atoms with Gasteiger partial charge in [0.05, 0.1) is 5.69 Å². The molecule has 0 aliphatic heterocycles. The molecule has 0 aliphatic rings. The molecule has 6 heteroatoms. The van der Waals surface area contributed by atoms with Gasteiger partial charge < -0.3 is 14.8 Å². The van der Waals surface area contributed by atoms with Gasteiger partial charge in [0, 0.05) is 23.1 Å². The minimum Gasteiger partial charge on any atom is -0.410 e. The Kier molecular flexibility index (Phi) is 6.73. The Bertz CT molecular complexity index is 1890. The van der Waals surface area contributed by atoms with Crippen molar-refractivity contribution in [1.82, 2.24) is 5.32 Å². The van der Waals surface area contributed by atoms with Crippen LogP contribution in [-0.4, -0.2) is 18.7 Å². The van der Waals surface area contributed by atoms with Gasteiger partial charge in [-0.15, -0.1) is 0 Å². The number of hydrogen-bond acceptors (Lipinski definition) is 4. The largest absolute Gasteiger partial charge is 0.417 e. The Morgan fingerprint density at radius 3 is 1.60 bits per heavy atom. The minimum absolute atomic E-state index is 0.179. The average Bonchev–Trinajstić information content (AvgIpc) is 2.98. The first-order valence-corrected chi connectivity index (χ1v) is 12.9. The van der Waals surface area contributed by atoms with Crippen LogP contribution in [-0.2, 0) is 0 Å². The lowest BCUT2D eigenvalue weighted by Gasteiger charge is -2.19. The fraction of sp³-hybridized carbons (Fsp3) is 0.0294. The number of ether oxygens (including phenoxy) is 2. The maximum Gasteiger partial charge on any atom is 0.417 e. The van der Waals surface area contributed by atoms with Crippen molar-refractivity contribution in [3.63, 3.8) is 0 Å². The molecule has 2 amide bonds. The number of carbonyl (C=O) groups is 2. The van der Waals surface area contributed by atoms with Crippen molar-refractivity contribution < 1.29 is 19.1 Å².